The SMILES string of the molecule is CC.Cc1cc(C(C)(F)F)cc(O)c1C. The Labute approximate surface area is 89.8 Å². The molecule has 1 aromatic rings. The summed E-state index contributed by atoms with van der Waals surface area (Å²) in [6.45, 7) is 8.21. The number of aryl methyl sites for hydroxylation is 1. The Kier molecular flexibility index (Phi) is 4.72. The second-order valence-electron chi connectivity index (χ2n) is 3.33. The van der Waals surface area contributed by atoms with Gasteiger partial charge < -0.3 is 5.11 Å². The van der Waals surface area contributed by atoms with Gasteiger partial charge in [0.2, 0.25) is 0 Å². The summed E-state index contributed by atoms with van der Waals surface area (Å²) in [7, 11) is 0. The third kappa shape index (κ3) is 3.50. The molecule has 1 rings (SSSR count). The Bertz CT molecular complexity index is 304. The molecule has 0 fully saturated rings. The van der Waals surface area contributed by atoms with Crippen molar-refractivity contribution in [2.45, 2.75) is 40.5 Å². The van der Waals surface area contributed by atoms with E-state index in [1.165, 1.54) is 6.07 Å². The molecule has 0 aromatic heterocycles. The first-order chi connectivity index (χ1) is 6.82. The maximum atomic E-state index is 12.8. The van der Waals surface area contributed by atoms with Gasteiger partial charge >= 0.3 is 0 Å². The van der Waals surface area contributed by atoms with Crippen molar-refractivity contribution in [3.8, 4) is 5.75 Å². The predicted octanol–water partition coefficient (Wildman–Crippen LogP) is 4.15. The molecule has 0 spiro atoms. The van der Waals surface area contributed by atoms with E-state index in [1.54, 1.807) is 13.8 Å². The summed E-state index contributed by atoms with van der Waals surface area (Å²) < 4.78 is 25.7. The number of halogens is 2. The molecule has 0 amide bonds. The highest BCUT2D eigenvalue weighted by molar-refractivity contribution is 5.42. The first-order valence-corrected chi connectivity index (χ1v) is 5.01. The van der Waals surface area contributed by atoms with Crippen molar-refractivity contribution < 1.29 is 13.9 Å². The van der Waals surface area contributed by atoms with Crippen LogP contribution in [0.3, 0.4) is 0 Å². The van der Waals surface area contributed by atoms with Gasteiger partial charge in [-0.2, -0.15) is 0 Å². The average molecular weight is 216 g/mol. The van der Waals surface area contributed by atoms with E-state index in [9.17, 15) is 13.9 Å². The second-order valence-corrected chi connectivity index (χ2v) is 3.33. The van der Waals surface area contributed by atoms with Crippen molar-refractivity contribution >= 4 is 0 Å². The Morgan fingerprint density at radius 2 is 1.60 bits per heavy atom. The first-order valence-electron chi connectivity index (χ1n) is 5.01. The number of phenols is 1. The third-order valence-electron chi connectivity index (χ3n) is 2.15. The molecule has 0 bridgehead atoms. The van der Waals surface area contributed by atoms with E-state index in [1.807, 2.05) is 13.8 Å². The summed E-state index contributed by atoms with van der Waals surface area (Å²) in [6.07, 6.45) is 0. The molecule has 0 atom stereocenters. The lowest BCUT2D eigenvalue weighted by atomic mass is 10.0. The lowest BCUT2D eigenvalue weighted by Crippen LogP contribution is -2.07. The number of rotatable bonds is 1. The monoisotopic (exact) mass is 216 g/mol. The molecule has 1 aromatic carbocycles. The smallest absolute Gasteiger partial charge is 0.270 e. The highest BCUT2D eigenvalue weighted by atomic mass is 19.3. The summed E-state index contributed by atoms with van der Waals surface area (Å²) in [6, 6.07) is 2.51. The van der Waals surface area contributed by atoms with Gasteiger partial charge in [-0.05, 0) is 37.1 Å². The molecule has 1 nitrogen and oxygen atoms in total. The molecular weight excluding hydrogens is 198 g/mol. The lowest BCUT2D eigenvalue weighted by molar-refractivity contribution is 0.0172. The van der Waals surface area contributed by atoms with Gasteiger partial charge in [0.25, 0.3) is 5.92 Å². The molecular formula is C12H18F2O. The summed E-state index contributed by atoms with van der Waals surface area (Å²) in [4.78, 5) is 0. The van der Waals surface area contributed by atoms with Gasteiger partial charge in [-0.3, -0.25) is 0 Å². The maximum absolute atomic E-state index is 12.8. The molecule has 86 valence electrons. The third-order valence-corrected chi connectivity index (χ3v) is 2.15. The number of phenolic OH excluding ortho intramolecular Hbond substituents is 1. The van der Waals surface area contributed by atoms with E-state index in [0.717, 1.165) is 13.0 Å². The van der Waals surface area contributed by atoms with Crippen LogP contribution in [0, 0.1) is 13.8 Å². The van der Waals surface area contributed by atoms with Crippen LogP contribution < -0.4 is 0 Å². The number of hydrogen-bond donors (Lipinski definition) is 1. The number of hydrogen-bond acceptors (Lipinski definition) is 1. The van der Waals surface area contributed by atoms with Crippen molar-refractivity contribution in [3.05, 3.63) is 28.8 Å². The van der Waals surface area contributed by atoms with Crippen molar-refractivity contribution in [3.63, 3.8) is 0 Å². The van der Waals surface area contributed by atoms with Crippen LogP contribution >= 0.6 is 0 Å². The van der Waals surface area contributed by atoms with Crippen LogP contribution in [0.1, 0.15) is 37.5 Å². The molecule has 3 heteroatoms. The molecule has 0 aliphatic heterocycles. The zero-order valence-electron chi connectivity index (χ0n) is 9.86. The molecule has 1 N–H and O–H groups in total. The zero-order chi connectivity index (χ0) is 12.2. The average Bonchev–Trinajstić information content (AvgIpc) is 2.15. The Hall–Kier alpha value is -1.12. The van der Waals surface area contributed by atoms with Gasteiger partial charge in [0, 0.05) is 12.5 Å². The fourth-order valence-corrected chi connectivity index (χ4v) is 1.09. The number of aromatic hydroxyl groups is 1. The molecule has 0 aliphatic rings. The van der Waals surface area contributed by atoms with Crippen LogP contribution in [0.15, 0.2) is 12.1 Å². The molecule has 0 heterocycles. The largest absolute Gasteiger partial charge is 0.508 e. The van der Waals surface area contributed by atoms with E-state index in [2.05, 4.69) is 0 Å². The fourth-order valence-electron chi connectivity index (χ4n) is 1.09. The minimum Gasteiger partial charge on any atom is -0.508 e. The molecule has 0 saturated carbocycles. The van der Waals surface area contributed by atoms with Crippen LogP contribution in [-0.2, 0) is 5.92 Å². The molecule has 0 saturated heterocycles. The van der Waals surface area contributed by atoms with Crippen LogP contribution in [0.25, 0.3) is 0 Å². The van der Waals surface area contributed by atoms with Crippen LogP contribution in [0.5, 0.6) is 5.75 Å². The van der Waals surface area contributed by atoms with E-state index < -0.39 is 5.92 Å². The normalized spacial score (nSPS) is 10.6. The van der Waals surface area contributed by atoms with Crippen molar-refractivity contribution in [1.82, 2.24) is 0 Å². The van der Waals surface area contributed by atoms with Gasteiger partial charge in [-0.25, -0.2) is 8.78 Å². The van der Waals surface area contributed by atoms with Gasteiger partial charge in [-0.1, -0.05) is 13.8 Å². The topological polar surface area (TPSA) is 20.2 Å². The summed E-state index contributed by atoms with van der Waals surface area (Å²) in [5.74, 6) is -2.97. The molecule has 15 heavy (non-hydrogen) atoms. The maximum Gasteiger partial charge on any atom is 0.270 e. The quantitative estimate of drug-likeness (QED) is 0.747. The van der Waals surface area contributed by atoms with Crippen molar-refractivity contribution in [2.75, 3.05) is 0 Å². The van der Waals surface area contributed by atoms with Gasteiger partial charge in [0.15, 0.2) is 0 Å². The fraction of sp³-hybridized carbons (Fsp3) is 0.500. The van der Waals surface area contributed by atoms with Crippen LogP contribution in [0.2, 0.25) is 0 Å². The van der Waals surface area contributed by atoms with Crippen molar-refractivity contribution in [1.29, 1.82) is 0 Å². The Morgan fingerprint density at radius 3 is 1.93 bits per heavy atom. The molecule has 0 radical (unpaired) electrons. The summed E-state index contributed by atoms with van der Waals surface area (Å²) in [5, 5.41) is 9.31. The molecule has 0 aliphatic carbocycles. The first kappa shape index (κ1) is 13.9. The van der Waals surface area contributed by atoms with E-state index >= 15 is 0 Å². The number of benzene rings is 1. The van der Waals surface area contributed by atoms with E-state index in [0.29, 0.717) is 11.1 Å². The highest BCUT2D eigenvalue weighted by Gasteiger charge is 2.25. The van der Waals surface area contributed by atoms with E-state index in [-0.39, 0.29) is 11.3 Å². The van der Waals surface area contributed by atoms with Crippen LogP contribution in [0.4, 0.5) is 8.78 Å². The minimum atomic E-state index is -2.89. The van der Waals surface area contributed by atoms with Crippen molar-refractivity contribution in [2.24, 2.45) is 0 Å². The minimum absolute atomic E-state index is 0.0727. The summed E-state index contributed by atoms with van der Waals surface area (Å²) in [5.41, 5.74) is 1.18. The predicted molar refractivity (Wildman–Crippen MR) is 58.5 cm³/mol. The van der Waals surface area contributed by atoms with E-state index in [4.69, 9.17) is 0 Å². The highest BCUT2D eigenvalue weighted by Crippen LogP contribution is 2.32. The number of alkyl halides is 2. The van der Waals surface area contributed by atoms with Gasteiger partial charge in [0.1, 0.15) is 5.75 Å². The zero-order valence-corrected chi connectivity index (χ0v) is 9.86. The van der Waals surface area contributed by atoms with Crippen LogP contribution in [-0.4, -0.2) is 5.11 Å². The standard InChI is InChI=1S/C10H12F2O.C2H6/c1-6-4-8(10(3,11)12)5-9(13)7(6)2;1-2/h4-5,13H,1-3H3;1-2H3. The Morgan fingerprint density at radius 1 is 1.13 bits per heavy atom. The lowest BCUT2D eigenvalue weighted by Gasteiger charge is -2.13. The van der Waals surface area contributed by atoms with Gasteiger partial charge in [0.05, 0.1) is 0 Å². The van der Waals surface area contributed by atoms with Gasteiger partial charge in [-0.15, -0.1) is 0 Å². The second kappa shape index (κ2) is 5.10. The summed E-state index contributed by atoms with van der Waals surface area (Å²) >= 11 is 0. The molecule has 0 unspecified atom stereocenters. The Balaban J connectivity index is 0.000000921.